The summed E-state index contributed by atoms with van der Waals surface area (Å²) < 4.78 is 0. The van der Waals surface area contributed by atoms with E-state index in [1.54, 1.807) is 0 Å². The Morgan fingerprint density at radius 2 is 2.24 bits per heavy atom. The molecule has 2 rings (SSSR count). The molecule has 0 aliphatic heterocycles. The zero-order valence-electron chi connectivity index (χ0n) is 10.5. The minimum absolute atomic E-state index is 0.237. The molecule has 1 aromatic carbocycles. The summed E-state index contributed by atoms with van der Waals surface area (Å²) in [5.74, 6) is 0. The summed E-state index contributed by atoms with van der Waals surface area (Å²) in [6.45, 7) is 4.24. The molecule has 0 spiro atoms. The highest BCUT2D eigenvalue weighted by Crippen LogP contribution is 2.36. The number of rotatable bonds is 5. The van der Waals surface area contributed by atoms with Crippen molar-refractivity contribution in [3.05, 3.63) is 29.3 Å². The Morgan fingerprint density at radius 1 is 1.41 bits per heavy atom. The molecule has 0 radical (unpaired) electrons. The van der Waals surface area contributed by atoms with E-state index in [4.69, 9.17) is 10.8 Å². The highest BCUT2D eigenvalue weighted by atomic mass is 16.3. The van der Waals surface area contributed by atoms with Crippen LogP contribution < -0.4 is 5.73 Å². The van der Waals surface area contributed by atoms with Crippen LogP contribution >= 0.6 is 0 Å². The SMILES string of the molecule is CCCN(CCO)C1CCc2cc(N)ccc21. The normalized spacial score (nSPS) is 18.6. The van der Waals surface area contributed by atoms with Gasteiger partial charge >= 0.3 is 0 Å². The van der Waals surface area contributed by atoms with Crippen LogP contribution in [0.1, 0.15) is 36.9 Å². The first-order valence-electron chi connectivity index (χ1n) is 6.49. The Bertz CT molecular complexity index is 372. The first kappa shape index (κ1) is 12.4. The second kappa shape index (κ2) is 5.52. The molecule has 0 fully saturated rings. The maximum absolute atomic E-state index is 9.15. The van der Waals surface area contributed by atoms with Gasteiger partial charge < -0.3 is 10.8 Å². The van der Waals surface area contributed by atoms with Gasteiger partial charge in [0.25, 0.3) is 0 Å². The lowest BCUT2D eigenvalue weighted by Crippen LogP contribution is -2.31. The van der Waals surface area contributed by atoms with E-state index in [-0.39, 0.29) is 6.61 Å². The number of anilines is 1. The summed E-state index contributed by atoms with van der Waals surface area (Å²) in [7, 11) is 0. The summed E-state index contributed by atoms with van der Waals surface area (Å²) in [6, 6.07) is 6.71. The molecule has 3 nitrogen and oxygen atoms in total. The van der Waals surface area contributed by atoms with Gasteiger partial charge in [-0.2, -0.15) is 0 Å². The molecule has 0 bridgehead atoms. The third kappa shape index (κ3) is 2.61. The summed E-state index contributed by atoms with van der Waals surface area (Å²) >= 11 is 0. The molecule has 0 aromatic heterocycles. The van der Waals surface area contributed by atoms with Crippen LogP contribution in [-0.4, -0.2) is 29.7 Å². The van der Waals surface area contributed by atoms with E-state index in [0.29, 0.717) is 6.04 Å². The number of nitrogen functional groups attached to an aromatic ring is 1. The largest absolute Gasteiger partial charge is 0.399 e. The van der Waals surface area contributed by atoms with Crippen molar-refractivity contribution in [3.8, 4) is 0 Å². The van der Waals surface area contributed by atoms with Gasteiger partial charge in [0.05, 0.1) is 6.61 Å². The molecule has 0 amide bonds. The third-order valence-electron chi connectivity index (χ3n) is 3.55. The number of aliphatic hydroxyl groups excluding tert-OH is 1. The molecule has 3 heteroatoms. The van der Waals surface area contributed by atoms with Gasteiger partial charge in [0.2, 0.25) is 0 Å². The first-order valence-corrected chi connectivity index (χ1v) is 6.49. The zero-order chi connectivity index (χ0) is 12.3. The minimum Gasteiger partial charge on any atom is -0.399 e. The molecule has 0 heterocycles. The Hall–Kier alpha value is -1.06. The van der Waals surface area contributed by atoms with E-state index in [1.165, 1.54) is 11.1 Å². The van der Waals surface area contributed by atoms with E-state index in [0.717, 1.165) is 38.0 Å². The molecule has 94 valence electrons. The van der Waals surface area contributed by atoms with Gasteiger partial charge in [-0.25, -0.2) is 0 Å². The number of aryl methyl sites for hydroxylation is 1. The minimum atomic E-state index is 0.237. The number of benzene rings is 1. The van der Waals surface area contributed by atoms with Crippen LogP contribution in [0, 0.1) is 0 Å². The van der Waals surface area contributed by atoms with Crippen molar-refractivity contribution < 1.29 is 5.11 Å². The highest BCUT2D eigenvalue weighted by molar-refractivity contribution is 5.47. The quantitative estimate of drug-likeness (QED) is 0.766. The molecule has 0 saturated carbocycles. The van der Waals surface area contributed by atoms with Crippen molar-refractivity contribution >= 4 is 5.69 Å². The lowest BCUT2D eigenvalue weighted by atomic mass is 10.1. The summed E-state index contributed by atoms with van der Waals surface area (Å²) in [5.41, 5.74) is 9.46. The molecular weight excluding hydrogens is 212 g/mol. The number of fused-ring (bicyclic) bond motifs is 1. The van der Waals surface area contributed by atoms with Crippen LogP contribution in [-0.2, 0) is 6.42 Å². The number of hydrogen-bond donors (Lipinski definition) is 2. The number of hydrogen-bond acceptors (Lipinski definition) is 3. The maximum atomic E-state index is 9.15. The molecule has 1 aromatic rings. The van der Waals surface area contributed by atoms with Gasteiger partial charge in [-0.15, -0.1) is 0 Å². The van der Waals surface area contributed by atoms with Crippen LogP contribution in [0.2, 0.25) is 0 Å². The van der Waals surface area contributed by atoms with Crippen molar-refractivity contribution in [2.24, 2.45) is 0 Å². The van der Waals surface area contributed by atoms with Gasteiger partial charge in [0.1, 0.15) is 0 Å². The first-order chi connectivity index (χ1) is 8.26. The second-order valence-corrected chi connectivity index (χ2v) is 4.77. The predicted molar refractivity (Wildman–Crippen MR) is 70.9 cm³/mol. The Labute approximate surface area is 103 Å². The van der Waals surface area contributed by atoms with Crippen LogP contribution in [0.15, 0.2) is 18.2 Å². The van der Waals surface area contributed by atoms with Crippen molar-refractivity contribution in [3.63, 3.8) is 0 Å². The predicted octanol–water partition coefficient (Wildman–Crippen LogP) is 1.96. The topological polar surface area (TPSA) is 49.5 Å². The Kier molecular flexibility index (Phi) is 4.02. The van der Waals surface area contributed by atoms with Crippen LogP contribution in [0.5, 0.6) is 0 Å². The number of nitrogens with zero attached hydrogens (tertiary/aromatic N) is 1. The zero-order valence-corrected chi connectivity index (χ0v) is 10.5. The Morgan fingerprint density at radius 3 is 2.94 bits per heavy atom. The molecule has 17 heavy (non-hydrogen) atoms. The standard InChI is InChI=1S/C14H22N2O/c1-2-7-16(8-9-17)14-6-3-11-10-12(15)4-5-13(11)14/h4-5,10,14,17H,2-3,6-9,15H2,1H3. The lowest BCUT2D eigenvalue weighted by molar-refractivity contribution is 0.150. The van der Waals surface area contributed by atoms with E-state index in [1.807, 2.05) is 6.07 Å². The van der Waals surface area contributed by atoms with E-state index >= 15 is 0 Å². The highest BCUT2D eigenvalue weighted by Gasteiger charge is 2.27. The van der Waals surface area contributed by atoms with Gasteiger partial charge in [0, 0.05) is 18.3 Å². The molecule has 3 N–H and O–H groups in total. The molecule has 1 aliphatic rings. The Balaban J connectivity index is 2.19. The molecule has 0 saturated heterocycles. The van der Waals surface area contributed by atoms with Crippen molar-refractivity contribution in [2.45, 2.75) is 32.2 Å². The fraction of sp³-hybridized carbons (Fsp3) is 0.571. The summed E-state index contributed by atoms with van der Waals surface area (Å²) in [4.78, 5) is 2.39. The van der Waals surface area contributed by atoms with Crippen LogP contribution in [0.25, 0.3) is 0 Å². The van der Waals surface area contributed by atoms with Gasteiger partial charge in [-0.1, -0.05) is 13.0 Å². The molecule has 1 atom stereocenters. The maximum Gasteiger partial charge on any atom is 0.0558 e. The van der Waals surface area contributed by atoms with Crippen molar-refractivity contribution in [2.75, 3.05) is 25.4 Å². The molecular formula is C14H22N2O. The van der Waals surface area contributed by atoms with Crippen molar-refractivity contribution in [1.82, 2.24) is 4.90 Å². The van der Waals surface area contributed by atoms with E-state index < -0.39 is 0 Å². The monoisotopic (exact) mass is 234 g/mol. The summed E-state index contributed by atoms with van der Waals surface area (Å²) in [5, 5.41) is 9.15. The van der Waals surface area contributed by atoms with Gasteiger partial charge in [-0.05, 0) is 49.1 Å². The van der Waals surface area contributed by atoms with E-state index in [9.17, 15) is 0 Å². The summed E-state index contributed by atoms with van der Waals surface area (Å²) in [6.07, 6.45) is 3.39. The number of nitrogens with two attached hydrogens (primary N) is 1. The average molecular weight is 234 g/mol. The van der Waals surface area contributed by atoms with Crippen molar-refractivity contribution in [1.29, 1.82) is 0 Å². The second-order valence-electron chi connectivity index (χ2n) is 4.77. The van der Waals surface area contributed by atoms with Gasteiger partial charge in [-0.3, -0.25) is 4.90 Å². The molecule has 1 aliphatic carbocycles. The number of aliphatic hydroxyl groups is 1. The van der Waals surface area contributed by atoms with Crippen LogP contribution in [0.4, 0.5) is 5.69 Å². The fourth-order valence-electron chi connectivity index (χ4n) is 2.83. The van der Waals surface area contributed by atoms with Gasteiger partial charge in [0.15, 0.2) is 0 Å². The van der Waals surface area contributed by atoms with E-state index in [2.05, 4.69) is 24.0 Å². The lowest BCUT2D eigenvalue weighted by Gasteiger charge is -2.28. The molecule has 1 unspecified atom stereocenters. The smallest absolute Gasteiger partial charge is 0.0558 e. The average Bonchev–Trinajstić information content (AvgIpc) is 2.71. The third-order valence-corrected chi connectivity index (χ3v) is 3.55. The van der Waals surface area contributed by atoms with Crippen LogP contribution in [0.3, 0.4) is 0 Å². The fourth-order valence-corrected chi connectivity index (χ4v) is 2.83.